The van der Waals surface area contributed by atoms with Crippen LogP contribution in [-0.2, 0) is 6.42 Å². The maximum absolute atomic E-state index is 13.0. The Kier molecular flexibility index (Phi) is 4.37. The van der Waals surface area contributed by atoms with Crippen LogP contribution in [0.1, 0.15) is 15.9 Å². The summed E-state index contributed by atoms with van der Waals surface area (Å²) in [6, 6.07) is 7.87. The summed E-state index contributed by atoms with van der Waals surface area (Å²) in [6.07, 6.45) is 0.426. The summed E-state index contributed by atoms with van der Waals surface area (Å²) in [5.74, 6) is -2.31. The second kappa shape index (κ2) is 6.21. The van der Waals surface area contributed by atoms with Gasteiger partial charge in [0.25, 0.3) is 0 Å². The van der Waals surface area contributed by atoms with Crippen LogP contribution in [0.15, 0.2) is 36.4 Å². The molecule has 0 amide bonds. The number of nitrogens with two attached hydrogens (primary N) is 1. The Balaban J connectivity index is 1.97. The van der Waals surface area contributed by atoms with Gasteiger partial charge in [0.15, 0.2) is 0 Å². The van der Waals surface area contributed by atoms with Gasteiger partial charge in [-0.25, -0.2) is 13.6 Å². The number of hydrogen-bond donors (Lipinski definition) is 3. The number of anilines is 2. The Hall–Kier alpha value is -2.63. The highest BCUT2D eigenvalue weighted by molar-refractivity contribution is 5.94. The molecule has 0 heterocycles. The van der Waals surface area contributed by atoms with E-state index < -0.39 is 17.6 Å². The van der Waals surface area contributed by atoms with Crippen molar-refractivity contribution in [2.45, 2.75) is 6.42 Å². The molecule has 2 rings (SSSR count). The van der Waals surface area contributed by atoms with E-state index >= 15 is 0 Å². The zero-order chi connectivity index (χ0) is 15.4. The predicted octanol–water partition coefficient (Wildman–Crippen LogP) is 2.90. The first-order valence-electron chi connectivity index (χ1n) is 6.27. The number of aromatic carboxylic acids is 1. The summed E-state index contributed by atoms with van der Waals surface area (Å²) in [5, 5.41) is 11.9. The molecule has 0 aliphatic rings. The molecule has 0 aliphatic carbocycles. The van der Waals surface area contributed by atoms with Gasteiger partial charge in [-0.05, 0) is 42.3 Å². The SMILES string of the molecule is Nc1cc(NCCc2cc(F)cc(F)c2)ccc1C(=O)O. The minimum Gasteiger partial charge on any atom is -0.478 e. The van der Waals surface area contributed by atoms with Crippen molar-refractivity contribution in [3.63, 3.8) is 0 Å². The van der Waals surface area contributed by atoms with Crippen LogP contribution in [0.3, 0.4) is 0 Å². The van der Waals surface area contributed by atoms with Crippen molar-refractivity contribution in [2.75, 3.05) is 17.6 Å². The van der Waals surface area contributed by atoms with E-state index in [0.717, 1.165) is 6.07 Å². The number of benzene rings is 2. The largest absolute Gasteiger partial charge is 0.478 e. The fraction of sp³-hybridized carbons (Fsp3) is 0.133. The van der Waals surface area contributed by atoms with Crippen LogP contribution in [0.2, 0.25) is 0 Å². The van der Waals surface area contributed by atoms with Gasteiger partial charge < -0.3 is 16.2 Å². The molecular weight excluding hydrogens is 278 g/mol. The van der Waals surface area contributed by atoms with Crippen LogP contribution in [0.25, 0.3) is 0 Å². The number of carboxylic acids is 1. The highest BCUT2D eigenvalue weighted by Crippen LogP contribution is 2.18. The highest BCUT2D eigenvalue weighted by atomic mass is 19.1. The lowest BCUT2D eigenvalue weighted by Crippen LogP contribution is -2.07. The second-order valence-electron chi connectivity index (χ2n) is 4.56. The monoisotopic (exact) mass is 292 g/mol. The van der Waals surface area contributed by atoms with Crippen molar-refractivity contribution >= 4 is 17.3 Å². The maximum atomic E-state index is 13.0. The zero-order valence-electron chi connectivity index (χ0n) is 11.1. The van der Waals surface area contributed by atoms with Gasteiger partial charge in [-0.3, -0.25) is 0 Å². The Morgan fingerprint density at radius 2 is 1.81 bits per heavy atom. The Labute approximate surface area is 120 Å². The third-order valence-electron chi connectivity index (χ3n) is 2.95. The first kappa shape index (κ1) is 14.8. The zero-order valence-corrected chi connectivity index (χ0v) is 11.1. The molecule has 0 saturated heterocycles. The number of carbonyl (C=O) groups is 1. The molecule has 0 spiro atoms. The molecule has 6 heteroatoms. The molecular formula is C15H14F2N2O2. The van der Waals surface area contributed by atoms with Gasteiger partial charge in [0.2, 0.25) is 0 Å². The molecule has 0 radical (unpaired) electrons. The predicted molar refractivity (Wildman–Crippen MR) is 76.4 cm³/mol. The number of halogens is 2. The van der Waals surface area contributed by atoms with Gasteiger partial charge in [-0.2, -0.15) is 0 Å². The van der Waals surface area contributed by atoms with Crippen molar-refractivity contribution in [1.29, 1.82) is 0 Å². The lowest BCUT2D eigenvalue weighted by molar-refractivity contribution is 0.0698. The topological polar surface area (TPSA) is 75.3 Å². The van der Waals surface area contributed by atoms with E-state index in [0.29, 0.717) is 24.2 Å². The highest BCUT2D eigenvalue weighted by Gasteiger charge is 2.07. The van der Waals surface area contributed by atoms with E-state index in [4.69, 9.17) is 10.8 Å². The van der Waals surface area contributed by atoms with Gasteiger partial charge in [0, 0.05) is 24.0 Å². The van der Waals surface area contributed by atoms with Crippen molar-refractivity contribution in [3.8, 4) is 0 Å². The average molecular weight is 292 g/mol. The van der Waals surface area contributed by atoms with E-state index in [1.165, 1.54) is 24.3 Å². The number of nitrogens with one attached hydrogen (secondary N) is 1. The number of rotatable bonds is 5. The van der Waals surface area contributed by atoms with Crippen LogP contribution in [0.4, 0.5) is 20.2 Å². The molecule has 2 aromatic rings. The summed E-state index contributed by atoms with van der Waals surface area (Å²) < 4.78 is 26.0. The summed E-state index contributed by atoms with van der Waals surface area (Å²) >= 11 is 0. The van der Waals surface area contributed by atoms with E-state index in [-0.39, 0.29) is 11.3 Å². The molecule has 110 valence electrons. The maximum Gasteiger partial charge on any atom is 0.337 e. The lowest BCUT2D eigenvalue weighted by Gasteiger charge is -2.09. The van der Waals surface area contributed by atoms with Gasteiger partial charge >= 0.3 is 5.97 Å². The van der Waals surface area contributed by atoms with E-state index in [1.807, 2.05) is 0 Å². The van der Waals surface area contributed by atoms with Gasteiger partial charge in [0.05, 0.1) is 5.56 Å². The van der Waals surface area contributed by atoms with Gasteiger partial charge in [0.1, 0.15) is 11.6 Å². The second-order valence-corrected chi connectivity index (χ2v) is 4.56. The van der Waals surface area contributed by atoms with Crippen molar-refractivity contribution in [3.05, 3.63) is 59.2 Å². The van der Waals surface area contributed by atoms with Crippen LogP contribution in [0.5, 0.6) is 0 Å². The van der Waals surface area contributed by atoms with Crippen LogP contribution >= 0.6 is 0 Å². The minimum absolute atomic E-state index is 0.0350. The fourth-order valence-electron chi connectivity index (χ4n) is 1.97. The molecule has 21 heavy (non-hydrogen) atoms. The number of hydrogen-bond acceptors (Lipinski definition) is 3. The summed E-state index contributed by atoms with van der Waals surface area (Å²) in [5.41, 5.74) is 7.00. The van der Waals surface area contributed by atoms with Crippen molar-refractivity contribution in [2.24, 2.45) is 0 Å². The molecule has 0 unspecified atom stereocenters. The van der Waals surface area contributed by atoms with Crippen molar-refractivity contribution in [1.82, 2.24) is 0 Å². The first-order valence-corrected chi connectivity index (χ1v) is 6.27. The minimum atomic E-state index is -1.09. The molecule has 0 aliphatic heterocycles. The molecule has 0 saturated carbocycles. The Morgan fingerprint density at radius 3 is 2.38 bits per heavy atom. The Morgan fingerprint density at radius 1 is 1.14 bits per heavy atom. The molecule has 0 bridgehead atoms. The third-order valence-corrected chi connectivity index (χ3v) is 2.95. The smallest absolute Gasteiger partial charge is 0.337 e. The quantitative estimate of drug-likeness (QED) is 0.741. The number of nitrogen functional groups attached to an aromatic ring is 1. The van der Waals surface area contributed by atoms with Gasteiger partial charge in [-0.15, -0.1) is 0 Å². The van der Waals surface area contributed by atoms with Crippen LogP contribution in [0, 0.1) is 11.6 Å². The molecule has 0 fully saturated rings. The molecule has 0 aromatic heterocycles. The molecule has 4 N–H and O–H groups in total. The molecule has 0 atom stereocenters. The summed E-state index contributed by atoms with van der Waals surface area (Å²) in [4.78, 5) is 10.8. The fourth-order valence-corrected chi connectivity index (χ4v) is 1.97. The van der Waals surface area contributed by atoms with E-state index in [1.54, 1.807) is 6.07 Å². The standard InChI is InChI=1S/C15H14F2N2O2/c16-10-5-9(6-11(17)7-10)3-4-19-12-1-2-13(15(20)21)14(18)8-12/h1-2,5-8,19H,3-4,18H2,(H,20,21). The van der Waals surface area contributed by atoms with Gasteiger partial charge in [-0.1, -0.05) is 0 Å². The first-order chi connectivity index (χ1) is 9.95. The molecule has 4 nitrogen and oxygen atoms in total. The third kappa shape index (κ3) is 3.92. The normalized spacial score (nSPS) is 10.4. The van der Waals surface area contributed by atoms with Crippen LogP contribution in [-0.4, -0.2) is 17.6 Å². The summed E-state index contributed by atoms with van der Waals surface area (Å²) in [6.45, 7) is 0.439. The number of carboxylic acid groups (broad SMARTS) is 1. The van der Waals surface area contributed by atoms with E-state index in [2.05, 4.69) is 5.32 Å². The lowest BCUT2D eigenvalue weighted by atomic mass is 10.1. The van der Waals surface area contributed by atoms with Crippen molar-refractivity contribution < 1.29 is 18.7 Å². The summed E-state index contributed by atoms with van der Waals surface area (Å²) in [7, 11) is 0. The van der Waals surface area contributed by atoms with Crippen LogP contribution < -0.4 is 11.1 Å². The Bertz CT molecular complexity index is 654. The average Bonchev–Trinajstić information content (AvgIpc) is 2.37. The molecule has 2 aromatic carbocycles. The van der Waals surface area contributed by atoms with E-state index in [9.17, 15) is 13.6 Å².